The molecule has 0 aromatic carbocycles. The maximum Gasteiger partial charge on any atom is 0.224 e. The molecule has 0 aliphatic carbocycles. The van der Waals surface area contributed by atoms with Crippen molar-refractivity contribution in [2.75, 3.05) is 35.7 Å². The molecule has 17 heavy (non-hydrogen) atoms. The molecule has 0 bridgehead atoms. The number of rotatable bonds is 6. The summed E-state index contributed by atoms with van der Waals surface area (Å²) in [4.78, 5) is 8.36. The van der Waals surface area contributed by atoms with Gasteiger partial charge in [-0.3, -0.25) is 0 Å². The lowest BCUT2D eigenvalue weighted by molar-refractivity contribution is 0.602. The Morgan fingerprint density at radius 1 is 1.35 bits per heavy atom. The van der Waals surface area contributed by atoms with Crippen molar-refractivity contribution in [3.05, 3.63) is 11.8 Å². The van der Waals surface area contributed by atoms with Crippen molar-refractivity contribution in [3.63, 3.8) is 0 Å². The molecule has 0 unspecified atom stereocenters. The predicted octanol–water partition coefficient (Wildman–Crippen LogP) is 0.673. The smallest absolute Gasteiger partial charge is 0.224 e. The fourth-order valence-corrected chi connectivity index (χ4v) is 1.69. The van der Waals surface area contributed by atoms with Crippen molar-refractivity contribution in [3.8, 4) is 0 Å². The van der Waals surface area contributed by atoms with E-state index in [-0.39, 0.29) is 5.75 Å². The number of aromatic nitrogens is 2. The quantitative estimate of drug-likeness (QED) is 0.780. The van der Waals surface area contributed by atoms with Gasteiger partial charge >= 0.3 is 0 Å². The van der Waals surface area contributed by atoms with Gasteiger partial charge in [0.25, 0.3) is 0 Å². The first-order valence-electron chi connectivity index (χ1n) is 5.41. The number of nitrogens with zero attached hydrogens (tertiary/aromatic N) is 2. The Hall–Kier alpha value is -1.37. The third-order valence-corrected chi connectivity index (χ3v) is 3.02. The van der Waals surface area contributed by atoms with Crippen molar-refractivity contribution in [2.45, 2.75) is 13.8 Å². The zero-order valence-corrected chi connectivity index (χ0v) is 11.1. The van der Waals surface area contributed by atoms with Crippen LogP contribution in [0.15, 0.2) is 6.20 Å². The first-order valence-corrected chi connectivity index (χ1v) is 7.47. The molecule has 0 amide bonds. The van der Waals surface area contributed by atoms with E-state index in [0.717, 1.165) is 12.1 Å². The van der Waals surface area contributed by atoms with E-state index < -0.39 is 9.84 Å². The monoisotopic (exact) mass is 258 g/mol. The highest BCUT2D eigenvalue weighted by molar-refractivity contribution is 7.90. The summed E-state index contributed by atoms with van der Waals surface area (Å²) < 4.78 is 22.0. The summed E-state index contributed by atoms with van der Waals surface area (Å²) in [5.74, 6) is 1.30. The van der Waals surface area contributed by atoms with Crippen LogP contribution in [0.25, 0.3) is 0 Å². The largest absolute Gasteiger partial charge is 0.369 e. The lowest BCUT2D eigenvalue weighted by atomic mass is 10.3. The average molecular weight is 258 g/mol. The van der Waals surface area contributed by atoms with E-state index in [9.17, 15) is 8.42 Å². The molecule has 2 N–H and O–H groups in total. The summed E-state index contributed by atoms with van der Waals surface area (Å²) in [5, 5.41) is 6.00. The predicted molar refractivity (Wildman–Crippen MR) is 69.1 cm³/mol. The highest BCUT2D eigenvalue weighted by Gasteiger charge is 2.05. The van der Waals surface area contributed by atoms with Gasteiger partial charge in [-0.05, 0) is 13.8 Å². The number of nitrogens with one attached hydrogen (secondary N) is 2. The van der Waals surface area contributed by atoms with Crippen LogP contribution in [0.3, 0.4) is 0 Å². The molecule has 0 saturated heterocycles. The lowest BCUT2D eigenvalue weighted by Gasteiger charge is -2.09. The summed E-state index contributed by atoms with van der Waals surface area (Å²) >= 11 is 0. The van der Waals surface area contributed by atoms with Gasteiger partial charge in [0.05, 0.1) is 5.75 Å². The molecule has 0 spiro atoms. The van der Waals surface area contributed by atoms with Crippen molar-refractivity contribution in [1.29, 1.82) is 0 Å². The average Bonchev–Trinajstić information content (AvgIpc) is 2.21. The Morgan fingerprint density at radius 2 is 2.06 bits per heavy atom. The molecule has 0 radical (unpaired) electrons. The number of sulfone groups is 1. The van der Waals surface area contributed by atoms with E-state index in [2.05, 4.69) is 20.6 Å². The molecule has 0 aliphatic rings. The second kappa shape index (κ2) is 5.81. The minimum absolute atomic E-state index is 0.0903. The SMILES string of the molecule is CCNc1ncc(C)c(NCCS(C)(=O)=O)n1. The highest BCUT2D eigenvalue weighted by Crippen LogP contribution is 2.11. The summed E-state index contributed by atoms with van der Waals surface area (Å²) in [7, 11) is -2.95. The molecule has 0 fully saturated rings. The Bertz CT molecular complexity index is 473. The fourth-order valence-electron chi connectivity index (χ4n) is 1.22. The molecule has 1 rings (SSSR count). The van der Waals surface area contributed by atoms with Crippen LogP contribution >= 0.6 is 0 Å². The van der Waals surface area contributed by atoms with Crippen LogP contribution in [0.5, 0.6) is 0 Å². The van der Waals surface area contributed by atoms with Crippen LogP contribution in [-0.4, -0.2) is 43.5 Å². The minimum Gasteiger partial charge on any atom is -0.369 e. The van der Waals surface area contributed by atoms with Gasteiger partial charge in [0.2, 0.25) is 5.95 Å². The number of hydrogen-bond acceptors (Lipinski definition) is 6. The maximum absolute atomic E-state index is 11.0. The number of hydrogen-bond donors (Lipinski definition) is 2. The molecule has 1 heterocycles. The molecular weight excluding hydrogens is 240 g/mol. The van der Waals surface area contributed by atoms with Gasteiger partial charge in [-0.1, -0.05) is 0 Å². The lowest BCUT2D eigenvalue weighted by Crippen LogP contribution is -2.16. The van der Waals surface area contributed by atoms with Gasteiger partial charge in [-0.15, -0.1) is 0 Å². The van der Waals surface area contributed by atoms with Gasteiger partial charge in [0.1, 0.15) is 15.7 Å². The van der Waals surface area contributed by atoms with Crippen LogP contribution < -0.4 is 10.6 Å². The molecule has 6 nitrogen and oxygen atoms in total. The normalized spacial score (nSPS) is 11.2. The third kappa shape index (κ3) is 4.99. The van der Waals surface area contributed by atoms with Crippen molar-refractivity contribution in [1.82, 2.24) is 9.97 Å². The zero-order chi connectivity index (χ0) is 12.9. The van der Waals surface area contributed by atoms with Gasteiger partial charge < -0.3 is 10.6 Å². The molecule has 96 valence electrons. The molecule has 0 aliphatic heterocycles. The first-order chi connectivity index (χ1) is 7.92. The van der Waals surface area contributed by atoms with Gasteiger partial charge in [-0.2, -0.15) is 4.98 Å². The zero-order valence-electron chi connectivity index (χ0n) is 10.3. The summed E-state index contributed by atoms with van der Waals surface area (Å²) in [6.45, 7) is 4.92. The molecular formula is C10H18N4O2S. The Morgan fingerprint density at radius 3 is 2.65 bits per heavy atom. The third-order valence-electron chi connectivity index (χ3n) is 2.07. The molecule has 0 atom stereocenters. The number of anilines is 2. The van der Waals surface area contributed by atoms with Gasteiger partial charge in [0.15, 0.2) is 0 Å². The molecule has 1 aromatic heterocycles. The van der Waals surface area contributed by atoms with Crippen LogP contribution in [0.1, 0.15) is 12.5 Å². The van der Waals surface area contributed by atoms with E-state index in [1.54, 1.807) is 6.20 Å². The standard InChI is InChI=1S/C10H18N4O2S/c1-4-11-10-13-7-8(2)9(14-10)12-5-6-17(3,15)16/h7H,4-6H2,1-3H3,(H2,11,12,13,14). The topological polar surface area (TPSA) is 84.0 Å². The molecule has 0 saturated carbocycles. The molecule has 7 heteroatoms. The number of aryl methyl sites for hydroxylation is 1. The van der Waals surface area contributed by atoms with Crippen molar-refractivity contribution >= 4 is 21.6 Å². The van der Waals surface area contributed by atoms with Gasteiger partial charge in [0, 0.05) is 31.1 Å². The van der Waals surface area contributed by atoms with E-state index >= 15 is 0 Å². The van der Waals surface area contributed by atoms with E-state index in [0.29, 0.717) is 18.3 Å². The summed E-state index contributed by atoms with van der Waals surface area (Å²) in [6.07, 6.45) is 2.92. The van der Waals surface area contributed by atoms with Crippen LogP contribution in [0.4, 0.5) is 11.8 Å². The summed E-state index contributed by atoms with van der Waals surface area (Å²) in [5.41, 5.74) is 0.889. The highest BCUT2D eigenvalue weighted by atomic mass is 32.2. The van der Waals surface area contributed by atoms with Crippen molar-refractivity contribution < 1.29 is 8.42 Å². The van der Waals surface area contributed by atoms with Crippen molar-refractivity contribution in [2.24, 2.45) is 0 Å². The second-order valence-electron chi connectivity index (χ2n) is 3.81. The van der Waals surface area contributed by atoms with Gasteiger partial charge in [-0.25, -0.2) is 13.4 Å². The Kier molecular flexibility index (Phi) is 4.68. The maximum atomic E-state index is 11.0. The second-order valence-corrected chi connectivity index (χ2v) is 6.07. The van der Waals surface area contributed by atoms with Crippen LogP contribution in [0.2, 0.25) is 0 Å². The van der Waals surface area contributed by atoms with Crippen LogP contribution in [0, 0.1) is 6.92 Å². The summed E-state index contributed by atoms with van der Waals surface area (Å²) in [6, 6.07) is 0. The Balaban J connectivity index is 2.66. The van der Waals surface area contributed by atoms with E-state index in [1.165, 1.54) is 6.26 Å². The minimum atomic E-state index is -2.95. The first kappa shape index (κ1) is 13.7. The molecule has 1 aromatic rings. The Labute approximate surface area is 102 Å². The van der Waals surface area contributed by atoms with E-state index in [4.69, 9.17) is 0 Å². The fraction of sp³-hybridized carbons (Fsp3) is 0.600. The van der Waals surface area contributed by atoms with Crippen LogP contribution in [-0.2, 0) is 9.84 Å². The van der Waals surface area contributed by atoms with E-state index in [1.807, 2.05) is 13.8 Å².